The van der Waals surface area contributed by atoms with Gasteiger partial charge in [0.1, 0.15) is 5.82 Å². The van der Waals surface area contributed by atoms with Crippen molar-refractivity contribution in [2.45, 2.75) is 13.2 Å². The molecule has 3 rings (SSSR count). The lowest BCUT2D eigenvalue weighted by atomic mass is 10.2. The van der Waals surface area contributed by atoms with E-state index in [2.05, 4.69) is 15.4 Å². The van der Waals surface area contributed by atoms with Crippen molar-refractivity contribution in [2.24, 2.45) is 0 Å². The zero-order chi connectivity index (χ0) is 14.8. The Morgan fingerprint density at radius 3 is 2.76 bits per heavy atom. The number of aliphatic hydroxyl groups is 1. The van der Waals surface area contributed by atoms with Gasteiger partial charge >= 0.3 is 0 Å². The van der Waals surface area contributed by atoms with E-state index in [4.69, 9.17) is 23.2 Å². The molecular weight excluding hydrogens is 311 g/mol. The summed E-state index contributed by atoms with van der Waals surface area (Å²) < 4.78 is 1.61. The van der Waals surface area contributed by atoms with Crippen LogP contribution in [-0.4, -0.2) is 19.7 Å². The summed E-state index contributed by atoms with van der Waals surface area (Å²) in [5.41, 5.74) is 2.33. The summed E-state index contributed by atoms with van der Waals surface area (Å²) >= 11 is 11.9. The SMILES string of the molecule is OCc1cnc2ccc(NCc3ccc(Cl)c(Cl)c3)nn12. The van der Waals surface area contributed by atoms with E-state index in [0.717, 1.165) is 5.56 Å². The van der Waals surface area contributed by atoms with Gasteiger partial charge in [0.25, 0.3) is 0 Å². The van der Waals surface area contributed by atoms with Crippen LogP contribution in [0.5, 0.6) is 0 Å². The first-order valence-corrected chi connectivity index (χ1v) is 7.05. The molecule has 0 radical (unpaired) electrons. The third-order valence-electron chi connectivity index (χ3n) is 3.05. The number of fused-ring (bicyclic) bond motifs is 1. The van der Waals surface area contributed by atoms with Crippen LogP contribution in [0.2, 0.25) is 10.0 Å². The summed E-state index contributed by atoms with van der Waals surface area (Å²) in [5.74, 6) is 0.682. The molecular formula is C14H12Cl2N4O. The van der Waals surface area contributed by atoms with Crippen molar-refractivity contribution in [1.82, 2.24) is 14.6 Å². The number of rotatable bonds is 4. The van der Waals surface area contributed by atoms with Crippen LogP contribution in [-0.2, 0) is 13.2 Å². The van der Waals surface area contributed by atoms with Crippen LogP contribution < -0.4 is 5.32 Å². The smallest absolute Gasteiger partial charge is 0.154 e. The highest BCUT2D eigenvalue weighted by Crippen LogP contribution is 2.23. The Hall–Kier alpha value is -1.82. The van der Waals surface area contributed by atoms with Gasteiger partial charge in [-0.2, -0.15) is 0 Å². The maximum absolute atomic E-state index is 9.23. The molecule has 0 spiro atoms. The number of benzene rings is 1. The van der Waals surface area contributed by atoms with Gasteiger partial charge in [-0.05, 0) is 29.8 Å². The van der Waals surface area contributed by atoms with Crippen LogP contribution in [0.15, 0.2) is 36.5 Å². The van der Waals surface area contributed by atoms with Gasteiger partial charge in [0.05, 0.1) is 28.5 Å². The Labute approximate surface area is 131 Å². The highest BCUT2D eigenvalue weighted by Gasteiger charge is 2.05. The Bertz CT molecular complexity index is 788. The monoisotopic (exact) mass is 322 g/mol. The van der Waals surface area contributed by atoms with Gasteiger partial charge in [-0.15, -0.1) is 5.10 Å². The Kier molecular flexibility index (Phi) is 3.96. The first-order valence-electron chi connectivity index (χ1n) is 6.29. The number of nitrogens with zero attached hydrogens (tertiary/aromatic N) is 3. The third-order valence-corrected chi connectivity index (χ3v) is 3.79. The summed E-state index contributed by atoms with van der Waals surface area (Å²) in [7, 11) is 0. The molecule has 2 aromatic heterocycles. The summed E-state index contributed by atoms with van der Waals surface area (Å²) in [5, 5.41) is 17.9. The molecule has 7 heteroatoms. The molecule has 5 nitrogen and oxygen atoms in total. The number of hydrogen-bond acceptors (Lipinski definition) is 4. The van der Waals surface area contributed by atoms with Gasteiger partial charge in [0, 0.05) is 6.54 Å². The maximum Gasteiger partial charge on any atom is 0.154 e. The summed E-state index contributed by atoms with van der Waals surface area (Å²) in [4.78, 5) is 4.15. The number of aromatic nitrogens is 3. The topological polar surface area (TPSA) is 62.5 Å². The Morgan fingerprint density at radius 1 is 1.14 bits per heavy atom. The zero-order valence-corrected chi connectivity index (χ0v) is 12.4. The molecule has 3 aromatic rings. The van der Waals surface area contributed by atoms with Crippen molar-refractivity contribution in [3.8, 4) is 0 Å². The summed E-state index contributed by atoms with van der Waals surface area (Å²) in [6.45, 7) is 0.461. The number of halogens is 2. The van der Waals surface area contributed by atoms with E-state index in [1.54, 1.807) is 16.8 Å². The molecule has 0 amide bonds. The second-order valence-corrected chi connectivity index (χ2v) is 5.31. The second-order valence-electron chi connectivity index (χ2n) is 4.50. The number of hydrogen-bond donors (Lipinski definition) is 2. The van der Waals surface area contributed by atoms with Crippen LogP contribution >= 0.6 is 23.2 Å². The lowest BCUT2D eigenvalue weighted by Gasteiger charge is -2.07. The fraction of sp³-hybridized carbons (Fsp3) is 0.143. The predicted octanol–water partition coefficient (Wildman–Crippen LogP) is 3.14. The fourth-order valence-electron chi connectivity index (χ4n) is 1.97. The third kappa shape index (κ3) is 2.95. The summed E-state index contributed by atoms with van der Waals surface area (Å²) in [6.07, 6.45) is 1.60. The molecule has 0 aliphatic carbocycles. The Morgan fingerprint density at radius 2 is 2.00 bits per heavy atom. The fourth-order valence-corrected chi connectivity index (χ4v) is 2.29. The van der Waals surface area contributed by atoms with E-state index in [1.807, 2.05) is 24.3 Å². The molecule has 2 heterocycles. The van der Waals surface area contributed by atoms with Crippen molar-refractivity contribution >= 4 is 34.7 Å². The van der Waals surface area contributed by atoms with Gasteiger partial charge in [-0.25, -0.2) is 9.50 Å². The van der Waals surface area contributed by atoms with Crippen LogP contribution in [0.4, 0.5) is 5.82 Å². The summed E-state index contributed by atoms with van der Waals surface area (Å²) in [6, 6.07) is 9.14. The number of imidazole rings is 1. The molecule has 0 bridgehead atoms. The highest BCUT2D eigenvalue weighted by atomic mass is 35.5. The molecule has 2 N–H and O–H groups in total. The first-order chi connectivity index (χ1) is 10.2. The average molecular weight is 323 g/mol. The average Bonchev–Trinajstić information content (AvgIpc) is 2.90. The first kappa shape index (κ1) is 14.1. The molecule has 0 unspecified atom stereocenters. The van der Waals surface area contributed by atoms with Crippen LogP contribution in [0.1, 0.15) is 11.3 Å². The van der Waals surface area contributed by atoms with E-state index in [0.29, 0.717) is 33.7 Å². The van der Waals surface area contributed by atoms with E-state index in [-0.39, 0.29) is 6.61 Å². The van der Waals surface area contributed by atoms with Gasteiger partial charge in [0.15, 0.2) is 5.65 Å². The molecule has 0 fully saturated rings. The van der Waals surface area contributed by atoms with Crippen LogP contribution in [0.3, 0.4) is 0 Å². The minimum Gasteiger partial charge on any atom is -0.390 e. The number of nitrogens with one attached hydrogen (secondary N) is 1. The normalized spacial score (nSPS) is 11.0. The lowest BCUT2D eigenvalue weighted by molar-refractivity contribution is 0.274. The number of anilines is 1. The quantitative estimate of drug-likeness (QED) is 0.774. The molecule has 0 atom stereocenters. The van der Waals surface area contributed by atoms with Crippen molar-refractivity contribution in [3.05, 3.63) is 57.8 Å². The Balaban J connectivity index is 1.79. The molecule has 0 saturated carbocycles. The van der Waals surface area contributed by atoms with Crippen LogP contribution in [0.25, 0.3) is 5.65 Å². The van der Waals surface area contributed by atoms with Crippen LogP contribution in [0, 0.1) is 0 Å². The van der Waals surface area contributed by atoms with Gasteiger partial charge < -0.3 is 10.4 Å². The molecule has 0 aliphatic heterocycles. The van der Waals surface area contributed by atoms with Gasteiger partial charge in [-0.1, -0.05) is 29.3 Å². The predicted molar refractivity (Wildman–Crippen MR) is 82.7 cm³/mol. The van der Waals surface area contributed by atoms with Crippen molar-refractivity contribution in [1.29, 1.82) is 0 Å². The molecule has 1 aromatic carbocycles. The maximum atomic E-state index is 9.23. The van der Waals surface area contributed by atoms with E-state index < -0.39 is 0 Å². The van der Waals surface area contributed by atoms with Crippen molar-refractivity contribution in [2.75, 3.05) is 5.32 Å². The van der Waals surface area contributed by atoms with Crippen molar-refractivity contribution < 1.29 is 5.11 Å². The van der Waals surface area contributed by atoms with Gasteiger partial charge in [0.2, 0.25) is 0 Å². The van der Waals surface area contributed by atoms with E-state index in [1.165, 1.54) is 0 Å². The molecule has 108 valence electrons. The molecule has 0 saturated heterocycles. The van der Waals surface area contributed by atoms with E-state index >= 15 is 0 Å². The zero-order valence-electron chi connectivity index (χ0n) is 10.9. The second kappa shape index (κ2) is 5.89. The minimum absolute atomic E-state index is 0.107. The highest BCUT2D eigenvalue weighted by molar-refractivity contribution is 6.42. The minimum atomic E-state index is -0.107. The van der Waals surface area contributed by atoms with Gasteiger partial charge in [-0.3, -0.25) is 0 Å². The molecule has 21 heavy (non-hydrogen) atoms. The molecule has 0 aliphatic rings. The van der Waals surface area contributed by atoms with Crippen molar-refractivity contribution in [3.63, 3.8) is 0 Å². The van der Waals surface area contributed by atoms with E-state index in [9.17, 15) is 5.11 Å². The largest absolute Gasteiger partial charge is 0.390 e. The standard InChI is InChI=1S/C14H12Cl2N4O/c15-11-2-1-9(5-12(11)16)6-17-13-3-4-14-18-7-10(8-21)20(14)19-13/h1-5,7,21H,6,8H2,(H,17,19). The lowest BCUT2D eigenvalue weighted by Crippen LogP contribution is -2.05. The number of aliphatic hydroxyl groups excluding tert-OH is 1.